The summed E-state index contributed by atoms with van der Waals surface area (Å²) in [6, 6.07) is 2.54. The molecule has 0 amide bonds. The maximum atomic E-state index is 8.56. The van der Waals surface area contributed by atoms with Gasteiger partial charge in [0.1, 0.15) is 0 Å². The van der Waals surface area contributed by atoms with Crippen LogP contribution in [0.1, 0.15) is 34.1 Å². The summed E-state index contributed by atoms with van der Waals surface area (Å²) in [7, 11) is 0. The van der Waals surface area contributed by atoms with Crippen molar-refractivity contribution in [3.05, 3.63) is 0 Å². The fraction of sp³-hybridized carbons (Fsp3) is 0.909. The SMILES string of the molecule is CCN(CCC#N)C(CN)C(C)(C)C. The van der Waals surface area contributed by atoms with Gasteiger partial charge in [-0.3, -0.25) is 4.90 Å². The lowest BCUT2D eigenvalue weighted by molar-refractivity contribution is 0.112. The summed E-state index contributed by atoms with van der Waals surface area (Å²) in [5.74, 6) is 0. The van der Waals surface area contributed by atoms with Gasteiger partial charge in [0.25, 0.3) is 0 Å². The first-order chi connectivity index (χ1) is 6.47. The molecule has 3 nitrogen and oxygen atoms in total. The molecule has 0 radical (unpaired) electrons. The minimum Gasteiger partial charge on any atom is -0.329 e. The van der Waals surface area contributed by atoms with Crippen LogP contribution in [0.25, 0.3) is 0 Å². The number of hydrogen-bond donors (Lipinski definition) is 1. The molecule has 0 saturated heterocycles. The number of likely N-dealkylation sites (N-methyl/N-ethyl adjacent to an activating group) is 1. The van der Waals surface area contributed by atoms with Crippen molar-refractivity contribution in [1.29, 1.82) is 5.26 Å². The summed E-state index contributed by atoms with van der Waals surface area (Å²) in [6.07, 6.45) is 0.584. The molecular formula is C11H23N3. The Kier molecular flexibility index (Phi) is 5.75. The van der Waals surface area contributed by atoms with Crippen molar-refractivity contribution in [2.45, 2.75) is 40.2 Å². The highest BCUT2D eigenvalue weighted by atomic mass is 15.2. The summed E-state index contributed by atoms with van der Waals surface area (Å²) in [5, 5.41) is 8.56. The largest absolute Gasteiger partial charge is 0.329 e. The molecule has 0 aliphatic heterocycles. The minimum atomic E-state index is 0.181. The van der Waals surface area contributed by atoms with E-state index in [2.05, 4.69) is 38.7 Å². The smallest absolute Gasteiger partial charge is 0.0635 e. The first-order valence-electron chi connectivity index (χ1n) is 5.28. The Morgan fingerprint density at radius 2 is 2.00 bits per heavy atom. The molecule has 0 aliphatic carbocycles. The standard InChI is InChI=1S/C11H23N3/c1-5-14(8-6-7-12)10(9-13)11(2,3)4/h10H,5-6,8-9,13H2,1-4H3. The van der Waals surface area contributed by atoms with Gasteiger partial charge < -0.3 is 5.73 Å². The second kappa shape index (κ2) is 6.00. The van der Waals surface area contributed by atoms with E-state index in [1.165, 1.54) is 0 Å². The highest BCUT2D eigenvalue weighted by Gasteiger charge is 2.27. The Morgan fingerprint density at radius 1 is 1.43 bits per heavy atom. The average molecular weight is 197 g/mol. The Labute approximate surface area is 87.9 Å². The van der Waals surface area contributed by atoms with E-state index in [9.17, 15) is 0 Å². The number of nitriles is 1. The summed E-state index contributed by atoms with van der Waals surface area (Å²) in [5.41, 5.74) is 5.96. The highest BCUT2D eigenvalue weighted by Crippen LogP contribution is 2.23. The van der Waals surface area contributed by atoms with Gasteiger partial charge in [-0.15, -0.1) is 0 Å². The molecule has 0 aliphatic rings. The van der Waals surface area contributed by atoms with E-state index in [1.54, 1.807) is 0 Å². The quantitative estimate of drug-likeness (QED) is 0.728. The fourth-order valence-corrected chi connectivity index (χ4v) is 1.78. The first kappa shape index (κ1) is 13.4. The Balaban J connectivity index is 4.39. The van der Waals surface area contributed by atoms with Crippen LogP contribution in [0.4, 0.5) is 0 Å². The van der Waals surface area contributed by atoms with Crippen LogP contribution in [0.2, 0.25) is 0 Å². The number of rotatable bonds is 5. The number of nitrogens with two attached hydrogens (primary N) is 1. The van der Waals surface area contributed by atoms with Gasteiger partial charge >= 0.3 is 0 Å². The van der Waals surface area contributed by atoms with Gasteiger partial charge in [-0.25, -0.2) is 0 Å². The lowest BCUT2D eigenvalue weighted by atomic mass is 9.85. The van der Waals surface area contributed by atoms with E-state index in [-0.39, 0.29) is 5.41 Å². The zero-order valence-corrected chi connectivity index (χ0v) is 9.88. The molecule has 1 unspecified atom stereocenters. The van der Waals surface area contributed by atoms with Crippen molar-refractivity contribution in [2.75, 3.05) is 19.6 Å². The lowest BCUT2D eigenvalue weighted by Gasteiger charge is -2.38. The molecule has 0 rings (SSSR count). The minimum absolute atomic E-state index is 0.181. The van der Waals surface area contributed by atoms with E-state index in [4.69, 9.17) is 11.0 Å². The van der Waals surface area contributed by atoms with E-state index in [0.717, 1.165) is 13.1 Å². The van der Waals surface area contributed by atoms with Gasteiger partial charge in [0.15, 0.2) is 0 Å². The summed E-state index contributed by atoms with van der Waals surface area (Å²) in [6.45, 7) is 11.1. The Morgan fingerprint density at radius 3 is 2.29 bits per heavy atom. The van der Waals surface area contributed by atoms with Crippen LogP contribution in [0, 0.1) is 16.7 Å². The van der Waals surface area contributed by atoms with Gasteiger partial charge in [-0.2, -0.15) is 5.26 Å². The van der Waals surface area contributed by atoms with Crippen LogP contribution in [-0.2, 0) is 0 Å². The third-order valence-electron chi connectivity index (χ3n) is 2.58. The summed E-state index contributed by atoms with van der Waals surface area (Å²) in [4.78, 5) is 2.29. The Hall–Kier alpha value is -0.590. The van der Waals surface area contributed by atoms with Crippen molar-refractivity contribution in [3.8, 4) is 6.07 Å². The van der Waals surface area contributed by atoms with Gasteiger partial charge in [-0.1, -0.05) is 27.7 Å². The molecule has 82 valence electrons. The number of hydrogen-bond acceptors (Lipinski definition) is 3. The molecule has 0 aromatic rings. The predicted octanol–water partition coefficient (Wildman–Crippen LogP) is 1.60. The maximum absolute atomic E-state index is 8.56. The normalized spacial score (nSPS) is 14.1. The van der Waals surface area contributed by atoms with Gasteiger partial charge in [0.05, 0.1) is 6.07 Å². The zero-order valence-electron chi connectivity index (χ0n) is 9.88. The van der Waals surface area contributed by atoms with Gasteiger partial charge in [0.2, 0.25) is 0 Å². The van der Waals surface area contributed by atoms with Crippen LogP contribution in [-0.4, -0.2) is 30.6 Å². The topological polar surface area (TPSA) is 53.0 Å². The third-order valence-corrected chi connectivity index (χ3v) is 2.58. The van der Waals surface area contributed by atoms with Crippen molar-refractivity contribution >= 4 is 0 Å². The van der Waals surface area contributed by atoms with Gasteiger partial charge in [0, 0.05) is 25.6 Å². The molecule has 0 bridgehead atoms. The highest BCUT2D eigenvalue weighted by molar-refractivity contribution is 4.85. The van der Waals surface area contributed by atoms with Crippen molar-refractivity contribution in [1.82, 2.24) is 4.90 Å². The molecule has 2 N–H and O–H groups in total. The molecule has 1 atom stereocenters. The van der Waals surface area contributed by atoms with Crippen LogP contribution in [0.5, 0.6) is 0 Å². The monoisotopic (exact) mass is 197 g/mol. The van der Waals surface area contributed by atoms with E-state index >= 15 is 0 Å². The fourth-order valence-electron chi connectivity index (χ4n) is 1.78. The predicted molar refractivity (Wildman–Crippen MR) is 59.8 cm³/mol. The van der Waals surface area contributed by atoms with Crippen LogP contribution < -0.4 is 5.73 Å². The molecule has 0 aromatic carbocycles. The molecule has 0 fully saturated rings. The summed E-state index contributed by atoms with van der Waals surface area (Å²) < 4.78 is 0. The van der Waals surface area contributed by atoms with E-state index in [0.29, 0.717) is 19.0 Å². The maximum Gasteiger partial charge on any atom is 0.0635 e. The van der Waals surface area contributed by atoms with E-state index in [1.807, 2.05) is 0 Å². The molecule has 0 heterocycles. The molecule has 3 heteroatoms. The van der Waals surface area contributed by atoms with Crippen LogP contribution in [0.15, 0.2) is 0 Å². The van der Waals surface area contributed by atoms with Crippen LogP contribution in [0.3, 0.4) is 0 Å². The zero-order chi connectivity index (χ0) is 11.2. The lowest BCUT2D eigenvalue weighted by Crippen LogP contribution is -2.48. The second-order valence-electron chi connectivity index (χ2n) is 4.65. The molecule has 0 spiro atoms. The number of nitrogens with zero attached hydrogens (tertiary/aromatic N) is 2. The third kappa shape index (κ3) is 4.08. The molecule has 14 heavy (non-hydrogen) atoms. The van der Waals surface area contributed by atoms with Crippen molar-refractivity contribution in [2.24, 2.45) is 11.1 Å². The van der Waals surface area contributed by atoms with Gasteiger partial charge in [-0.05, 0) is 12.0 Å². The van der Waals surface area contributed by atoms with Crippen LogP contribution >= 0.6 is 0 Å². The molecule has 0 aromatic heterocycles. The second-order valence-corrected chi connectivity index (χ2v) is 4.65. The summed E-state index contributed by atoms with van der Waals surface area (Å²) >= 11 is 0. The molecule has 0 saturated carbocycles. The van der Waals surface area contributed by atoms with Crippen molar-refractivity contribution in [3.63, 3.8) is 0 Å². The molecular weight excluding hydrogens is 174 g/mol. The Bertz CT molecular complexity index is 188. The average Bonchev–Trinajstić information content (AvgIpc) is 2.09. The van der Waals surface area contributed by atoms with Crippen molar-refractivity contribution < 1.29 is 0 Å². The van der Waals surface area contributed by atoms with E-state index < -0.39 is 0 Å². The first-order valence-corrected chi connectivity index (χ1v) is 5.28.